The minimum atomic E-state index is -0.988. The lowest BCUT2D eigenvalue weighted by molar-refractivity contribution is -0.142. The molecule has 0 aromatic heterocycles. The van der Waals surface area contributed by atoms with Gasteiger partial charge >= 0.3 is 12.0 Å². The summed E-state index contributed by atoms with van der Waals surface area (Å²) in [6.07, 6.45) is 3.07. The summed E-state index contributed by atoms with van der Waals surface area (Å²) in [4.78, 5) is 25.4. The number of carbonyl (C=O) groups is 2. The molecule has 0 aliphatic carbocycles. The van der Waals surface area contributed by atoms with Gasteiger partial charge in [-0.1, -0.05) is 20.8 Å². The Balaban J connectivity index is 2.79. The van der Waals surface area contributed by atoms with Crippen LogP contribution in [0.15, 0.2) is 0 Å². The van der Waals surface area contributed by atoms with Crippen molar-refractivity contribution in [1.82, 2.24) is 10.2 Å². The third-order valence-corrected chi connectivity index (χ3v) is 3.81. The number of likely N-dealkylation sites (tertiary alicyclic amines) is 1. The van der Waals surface area contributed by atoms with E-state index in [1.165, 1.54) is 0 Å². The molecule has 1 aliphatic heterocycles. The maximum absolute atomic E-state index is 12.3. The largest absolute Gasteiger partial charge is 0.480 e. The van der Waals surface area contributed by atoms with Gasteiger partial charge in [0.05, 0.1) is 0 Å². The van der Waals surface area contributed by atoms with Crippen LogP contribution in [0.2, 0.25) is 0 Å². The molecule has 1 fully saturated rings. The summed E-state index contributed by atoms with van der Waals surface area (Å²) in [6, 6.07) is -0.806. The van der Waals surface area contributed by atoms with Gasteiger partial charge < -0.3 is 15.3 Å². The van der Waals surface area contributed by atoms with E-state index in [1.807, 2.05) is 34.6 Å². The summed E-state index contributed by atoms with van der Waals surface area (Å²) in [6.45, 7) is 9.48. The fourth-order valence-corrected chi connectivity index (χ4v) is 2.67. The molecule has 0 radical (unpaired) electrons. The predicted octanol–water partition coefficient (Wildman–Crippen LogP) is 2.46. The molecule has 0 bridgehead atoms. The molecule has 0 unspecified atom stereocenters. The molecule has 1 aliphatic rings. The van der Waals surface area contributed by atoms with E-state index in [0.29, 0.717) is 0 Å². The number of carbonyl (C=O) groups excluding carboxylic acids is 1. The number of hydrogen-bond acceptors (Lipinski definition) is 2. The summed E-state index contributed by atoms with van der Waals surface area (Å²) in [5.41, 5.74) is -0.510. The number of carboxylic acid groups (broad SMARTS) is 1. The van der Waals surface area contributed by atoms with Crippen LogP contribution in [0.5, 0.6) is 0 Å². The SMILES string of the molecule is C[C@@H]1CCC[C@H](C)N1C(=O)N[C@@H](C(=O)O)C(C)(C)C. The summed E-state index contributed by atoms with van der Waals surface area (Å²) in [5.74, 6) is -0.988. The van der Waals surface area contributed by atoms with Crippen molar-refractivity contribution in [3.63, 3.8) is 0 Å². The van der Waals surface area contributed by atoms with Crippen LogP contribution >= 0.6 is 0 Å². The molecule has 0 aromatic rings. The van der Waals surface area contributed by atoms with Crippen molar-refractivity contribution < 1.29 is 14.7 Å². The fraction of sp³-hybridized carbons (Fsp3) is 0.857. The van der Waals surface area contributed by atoms with Crippen LogP contribution in [-0.4, -0.2) is 40.1 Å². The first-order valence-corrected chi connectivity index (χ1v) is 6.96. The van der Waals surface area contributed by atoms with Crippen LogP contribution in [0.1, 0.15) is 53.9 Å². The first kappa shape index (κ1) is 15.8. The Hall–Kier alpha value is -1.26. The van der Waals surface area contributed by atoms with Gasteiger partial charge in [-0.15, -0.1) is 0 Å². The normalized spacial score (nSPS) is 25.8. The van der Waals surface area contributed by atoms with E-state index in [9.17, 15) is 14.7 Å². The molecule has 5 heteroatoms. The third-order valence-electron chi connectivity index (χ3n) is 3.81. The fourth-order valence-electron chi connectivity index (χ4n) is 2.67. The zero-order valence-electron chi connectivity index (χ0n) is 12.6. The Morgan fingerprint density at radius 2 is 1.68 bits per heavy atom. The highest BCUT2D eigenvalue weighted by atomic mass is 16.4. The number of carboxylic acids is 1. The highest BCUT2D eigenvalue weighted by Crippen LogP contribution is 2.24. The van der Waals surface area contributed by atoms with Gasteiger partial charge in [0.25, 0.3) is 0 Å². The highest BCUT2D eigenvalue weighted by molar-refractivity contribution is 5.83. The van der Waals surface area contributed by atoms with Gasteiger partial charge in [-0.2, -0.15) is 0 Å². The van der Waals surface area contributed by atoms with Crippen LogP contribution < -0.4 is 5.32 Å². The number of aliphatic carboxylic acids is 1. The van der Waals surface area contributed by atoms with Crippen molar-refractivity contribution in [3.8, 4) is 0 Å². The van der Waals surface area contributed by atoms with Crippen LogP contribution in [0.3, 0.4) is 0 Å². The van der Waals surface area contributed by atoms with Crippen LogP contribution in [0.25, 0.3) is 0 Å². The molecule has 3 atom stereocenters. The molecule has 1 rings (SSSR count). The van der Waals surface area contributed by atoms with E-state index in [0.717, 1.165) is 19.3 Å². The molecule has 2 N–H and O–H groups in total. The van der Waals surface area contributed by atoms with Gasteiger partial charge in [0.15, 0.2) is 0 Å². The molecule has 0 saturated carbocycles. The summed E-state index contributed by atoms with van der Waals surface area (Å²) < 4.78 is 0. The van der Waals surface area contributed by atoms with Gasteiger partial charge in [-0.05, 0) is 38.5 Å². The monoisotopic (exact) mass is 270 g/mol. The van der Waals surface area contributed by atoms with E-state index in [-0.39, 0.29) is 18.1 Å². The van der Waals surface area contributed by atoms with Crippen LogP contribution in [0, 0.1) is 5.41 Å². The van der Waals surface area contributed by atoms with Crippen molar-refractivity contribution in [2.24, 2.45) is 5.41 Å². The highest BCUT2D eigenvalue weighted by Gasteiger charge is 2.36. The van der Waals surface area contributed by atoms with Crippen LogP contribution in [0.4, 0.5) is 4.79 Å². The van der Waals surface area contributed by atoms with Crippen molar-refractivity contribution in [1.29, 1.82) is 0 Å². The number of piperidine rings is 1. The molecular weight excluding hydrogens is 244 g/mol. The Bertz CT molecular complexity index is 339. The number of rotatable bonds is 2. The maximum atomic E-state index is 12.3. The summed E-state index contributed by atoms with van der Waals surface area (Å²) in [7, 11) is 0. The second-order valence-electron chi connectivity index (χ2n) is 6.62. The average Bonchev–Trinajstić information content (AvgIpc) is 2.23. The third kappa shape index (κ3) is 3.85. The second kappa shape index (κ2) is 5.80. The Morgan fingerprint density at radius 3 is 2.05 bits per heavy atom. The predicted molar refractivity (Wildman–Crippen MR) is 74.0 cm³/mol. The second-order valence-corrected chi connectivity index (χ2v) is 6.62. The first-order chi connectivity index (χ1) is 8.64. The Morgan fingerprint density at radius 1 is 1.21 bits per heavy atom. The van der Waals surface area contributed by atoms with Gasteiger partial charge in [0, 0.05) is 12.1 Å². The zero-order valence-corrected chi connectivity index (χ0v) is 12.6. The summed E-state index contributed by atoms with van der Waals surface area (Å²) >= 11 is 0. The number of nitrogens with one attached hydrogen (secondary N) is 1. The minimum absolute atomic E-state index is 0.165. The first-order valence-electron chi connectivity index (χ1n) is 6.96. The molecule has 5 nitrogen and oxygen atoms in total. The standard InChI is InChI=1S/C14H26N2O3/c1-9-7-6-8-10(2)16(9)13(19)15-11(12(17)18)14(3,4)5/h9-11H,6-8H2,1-5H3,(H,15,19)(H,17,18)/t9-,10+,11-/m0/s1. The van der Waals surface area contributed by atoms with Crippen molar-refractivity contribution in [3.05, 3.63) is 0 Å². The number of hydrogen-bond donors (Lipinski definition) is 2. The van der Waals surface area contributed by atoms with Gasteiger partial charge in [0.1, 0.15) is 6.04 Å². The van der Waals surface area contributed by atoms with E-state index < -0.39 is 17.4 Å². The molecule has 0 aromatic carbocycles. The van der Waals surface area contributed by atoms with E-state index in [1.54, 1.807) is 4.90 Å². The number of nitrogens with zero attached hydrogens (tertiary/aromatic N) is 1. The van der Waals surface area contributed by atoms with Crippen molar-refractivity contribution in [2.75, 3.05) is 0 Å². The molecule has 0 spiro atoms. The summed E-state index contributed by atoms with van der Waals surface area (Å²) in [5, 5.41) is 11.9. The van der Waals surface area contributed by atoms with Gasteiger partial charge in [-0.25, -0.2) is 9.59 Å². The number of amides is 2. The molecule has 1 heterocycles. The van der Waals surface area contributed by atoms with Crippen molar-refractivity contribution >= 4 is 12.0 Å². The smallest absolute Gasteiger partial charge is 0.326 e. The van der Waals surface area contributed by atoms with E-state index >= 15 is 0 Å². The zero-order chi connectivity index (χ0) is 14.8. The quantitative estimate of drug-likeness (QED) is 0.809. The lowest BCUT2D eigenvalue weighted by Gasteiger charge is -2.40. The molecule has 110 valence electrons. The van der Waals surface area contributed by atoms with Gasteiger partial charge in [-0.3, -0.25) is 0 Å². The molecule has 2 amide bonds. The maximum Gasteiger partial charge on any atom is 0.326 e. The average molecular weight is 270 g/mol. The minimum Gasteiger partial charge on any atom is -0.480 e. The molecular formula is C14H26N2O3. The van der Waals surface area contributed by atoms with Gasteiger partial charge in [0.2, 0.25) is 0 Å². The molecule has 19 heavy (non-hydrogen) atoms. The van der Waals surface area contributed by atoms with E-state index in [4.69, 9.17) is 0 Å². The van der Waals surface area contributed by atoms with Crippen molar-refractivity contribution in [2.45, 2.75) is 72.0 Å². The lowest BCUT2D eigenvalue weighted by atomic mass is 9.87. The van der Waals surface area contributed by atoms with E-state index in [2.05, 4.69) is 5.32 Å². The van der Waals surface area contributed by atoms with Crippen LogP contribution in [-0.2, 0) is 4.79 Å². The molecule has 1 saturated heterocycles. The number of urea groups is 1. The lowest BCUT2D eigenvalue weighted by Crippen LogP contribution is -2.58. The topological polar surface area (TPSA) is 69.6 Å². The Labute approximate surface area is 115 Å². The Kier molecular flexibility index (Phi) is 4.82.